The fraction of sp³-hybridized carbons (Fsp3) is 0.583. The van der Waals surface area contributed by atoms with E-state index in [-0.39, 0.29) is 17.5 Å². The molecule has 100 valence electrons. The predicted molar refractivity (Wildman–Crippen MR) is 72.6 cm³/mol. The number of nitrogens with one attached hydrogen (secondary N) is 1. The van der Waals surface area contributed by atoms with Gasteiger partial charge in [-0.1, -0.05) is 6.07 Å². The fourth-order valence-electron chi connectivity index (χ4n) is 1.95. The van der Waals surface area contributed by atoms with E-state index in [1.807, 2.05) is 30.3 Å². The van der Waals surface area contributed by atoms with Gasteiger partial charge in [-0.25, -0.2) is 13.4 Å². The first-order chi connectivity index (χ1) is 8.52. The van der Waals surface area contributed by atoms with Crippen LogP contribution in [0.3, 0.4) is 0 Å². The second kappa shape index (κ2) is 5.24. The molecule has 0 aliphatic carbocycles. The smallest absolute Gasteiger partial charge is 0.153 e. The Morgan fingerprint density at radius 3 is 2.50 bits per heavy atom. The van der Waals surface area contributed by atoms with Crippen molar-refractivity contribution in [1.29, 1.82) is 0 Å². The van der Waals surface area contributed by atoms with E-state index in [0.717, 1.165) is 11.4 Å². The lowest BCUT2D eigenvalue weighted by Gasteiger charge is -2.27. The maximum absolute atomic E-state index is 11.4. The van der Waals surface area contributed by atoms with Crippen molar-refractivity contribution < 1.29 is 8.42 Å². The molecule has 1 saturated heterocycles. The molecule has 1 aliphatic heterocycles. The second-order valence-corrected chi connectivity index (χ2v) is 6.90. The van der Waals surface area contributed by atoms with Gasteiger partial charge < -0.3 is 10.2 Å². The molecule has 0 saturated carbocycles. The lowest BCUT2D eigenvalue weighted by molar-refractivity contribution is 0.586. The van der Waals surface area contributed by atoms with Crippen LogP contribution in [0, 0.1) is 0 Å². The third-order valence-corrected chi connectivity index (χ3v) is 4.98. The molecule has 1 aliphatic rings. The van der Waals surface area contributed by atoms with E-state index in [1.165, 1.54) is 0 Å². The van der Waals surface area contributed by atoms with Crippen LogP contribution in [0.5, 0.6) is 0 Å². The van der Waals surface area contributed by atoms with Crippen molar-refractivity contribution in [2.45, 2.75) is 13.0 Å². The van der Waals surface area contributed by atoms with Gasteiger partial charge in [-0.15, -0.1) is 0 Å². The van der Waals surface area contributed by atoms with Crippen molar-refractivity contribution in [3.8, 4) is 0 Å². The van der Waals surface area contributed by atoms with Crippen molar-refractivity contribution in [2.24, 2.45) is 0 Å². The molecular weight excluding hydrogens is 250 g/mol. The average Bonchev–Trinajstić information content (AvgIpc) is 2.38. The zero-order chi connectivity index (χ0) is 13.2. The van der Waals surface area contributed by atoms with Gasteiger partial charge in [0, 0.05) is 25.3 Å². The normalized spacial score (nSPS) is 20.7. The molecule has 1 aromatic rings. The number of hydrogen-bond donors (Lipinski definition) is 1. The molecule has 1 unspecified atom stereocenters. The number of sulfone groups is 1. The van der Waals surface area contributed by atoms with Crippen molar-refractivity contribution in [2.75, 3.05) is 36.5 Å². The van der Waals surface area contributed by atoms with Crippen LogP contribution in [-0.2, 0) is 9.84 Å². The maximum atomic E-state index is 11.4. The molecule has 1 atom stereocenters. The molecule has 1 fully saturated rings. The minimum atomic E-state index is -2.83. The summed E-state index contributed by atoms with van der Waals surface area (Å²) in [6.07, 6.45) is 1.85. The zero-order valence-corrected chi connectivity index (χ0v) is 11.6. The largest absolute Gasteiger partial charge is 0.355 e. The van der Waals surface area contributed by atoms with E-state index in [2.05, 4.69) is 17.2 Å². The molecule has 0 radical (unpaired) electrons. The standard InChI is InChI=1S/C12H19N3O2S/c1-10(13-2)11-3-4-12(14-9-11)15-5-7-18(16,17)8-6-15/h3-4,9-10,13H,5-8H2,1-2H3. The highest BCUT2D eigenvalue weighted by atomic mass is 32.2. The van der Waals surface area contributed by atoms with Gasteiger partial charge >= 0.3 is 0 Å². The van der Waals surface area contributed by atoms with E-state index < -0.39 is 9.84 Å². The zero-order valence-electron chi connectivity index (χ0n) is 10.8. The Labute approximate surface area is 108 Å². The van der Waals surface area contributed by atoms with Crippen molar-refractivity contribution in [3.63, 3.8) is 0 Å². The SMILES string of the molecule is CNC(C)c1ccc(N2CCS(=O)(=O)CC2)nc1. The van der Waals surface area contributed by atoms with Gasteiger partial charge in [0.1, 0.15) is 5.82 Å². The Bertz CT molecular complexity index is 485. The van der Waals surface area contributed by atoms with Gasteiger partial charge in [0.2, 0.25) is 0 Å². The van der Waals surface area contributed by atoms with Crippen LogP contribution in [-0.4, -0.2) is 45.0 Å². The summed E-state index contributed by atoms with van der Waals surface area (Å²) in [4.78, 5) is 6.43. The minimum Gasteiger partial charge on any atom is -0.355 e. The van der Waals surface area contributed by atoms with Crippen molar-refractivity contribution >= 4 is 15.7 Å². The highest BCUT2D eigenvalue weighted by Crippen LogP contribution is 2.17. The molecule has 2 heterocycles. The highest BCUT2D eigenvalue weighted by Gasteiger charge is 2.22. The van der Waals surface area contributed by atoms with Crippen molar-refractivity contribution in [3.05, 3.63) is 23.9 Å². The molecule has 0 spiro atoms. The minimum absolute atomic E-state index is 0.226. The van der Waals surface area contributed by atoms with Crippen LogP contribution in [0.1, 0.15) is 18.5 Å². The number of rotatable bonds is 3. The predicted octanol–water partition coefficient (Wildman–Crippen LogP) is 0.597. The number of anilines is 1. The molecule has 18 heavy (non-hydrogen) atoms. The van der Waals surface area contributed by atoms with E-state index in [0.29, 0.717) is 13.1 Å². The molecule has 5 nitrogen and oxygen atoms in total. The maximum Gasteiger partial charge on any atom is 0.153 e. The first-order valence-corrected chi connectivity index (χ1v) is 7.92. The summed E-state index contributed by atoms with van der Waals surface area (Å²) in [5, 5.41) is 3.16. The summed E-state index contributed by atoms with van der Waals surface area (Å²) in [7, 11) is -0.918. The molecule has 0 bridgehead atoms. The second-order valence-electron chi connectivity index (χ2n) is 4.60. The summed E-state index contributed by atoms with van der Waals surface area (Å²) in [5.41, 5.74) is 1.13. The van der Waals surface area contributed by atoms with Gasteiger partial charge in [-0.2, -0.15) is 0 Å². The lowest BCUT2D eigenvalue weighted by atomic mass is 10.1. The number of pyridine rings is 1. The van der Waals surface area contributed by atoms with Crippen LogP contribution >= 0.6 is 0 Å². The summed E-state index contributed by atoms with van der Waals surface area (Å²) in [6.45, 7) is 3.15. The van der Waals surface area contributed by atoms with E-state index >= 15 is 0 Å². The Morgan fingerprint density at radius 2 is 2.00 bits per heavy atom. The quantitative estimate of drug-likeness (QED) is 0.870. The van der Waals surface area contributed by atoms with Crippen LogP contribution in [0.15, 0.2) is 18.3 Å². The highest BCUT2D eigenvalue weighted by molar-refractivity contribution is 7.91. The van der Waals surface area contributed by atoms with E-state index in [9.17, 15) is 8.42 Å². The number of aromatic nitrogens is 1. The van der Waals surface area contributed by atoms with Crippen LogP contribution < -0.4 is 10.2 Å². The Balaban J connectivity index is 2.07. The summed E-state index contributed by atoms with van der Waals surface area (Å²) < 4.78 is 22.7. The number of hydrogen-bond acceptors (Lipinski definition) is 5. The Morgan fingerprint density at radius 1 is 1.33 bits per heavy atom. The Hall–Kier alpha value is -1.14. The summed E-state index contributed by atoms with van der Waals surface area (Å²) >= 11 is 0. The first kappa shape index (κ1) is 13.3. The third-order valence-electron chi connectivity index (χ3n) is 3.37. The summed E-state index contributed by atoms with van der Waals surface area (Å²) in [5.74, 6) is 1.31. The lowest BCUT2D eigenvalue weighted by Crippen LogP contribution is -2.40. The van der Waals surface area contributed by atoms with E-state index in [4.69, 9.17) is 0 Å². The van der Waals surface area contributed by atoms with E-state index in [1.54, 1.807) is 0 Å². The molecule has 1 aromatic heterocycles. The fourth-order valence-corrected chi connectivity index (χ4v) is 3.15. The van der Waals surface area contributed by atoms with Gasteiger partial charge in [0.05, 0.1) is 11.5 Å². The summed E-state index contributed by atoms with van der Waals surface area (Å²) in [6, 6.07) is 4.27. The van der Waals surface area contributed by atoms with Gasteiger partial charge in [0.15, 0.2) is 9.84 Å². The molecule has 0 aromatic carbocycles. The van der Waals surface area contributed by atoms with Gasteiger partial charge in [0.25, 0.3) is 0 Å². The molecular formula is C12H19N3O2S. The number of nitrogens with zero attached hydrogens (tertiary/aromatic N) is 2. The first-order valence-electron chi connectivity index (χ1n) is 6.10. The molecule has 1 N–H and O–H groups in total. The van der Waals surface area contributed by atoms with Crippen molar-refractivity contribution in [1.82, 2.24) is 10.3 Å². The van der Waals surface area contributed by atoms with Crippen LogP contribution in [0.4, 0.5) is 5.82 Å². The molecule has 2 rings (SSSR count). The topological polar surface area (TPSA) is 62.3 Å². The van der Waals surface area contributed by atoms with Crippen LogP contribution in [0.2, 0.25) is 0 Å². The molecule has 6 heteroatoms. The van der Waals surface area contributed by atoms with Crippen LogP contribution in [0.25, 0.3) is 0 Å². The van der Waals surface area contributed by atoms with Gasteiger partial charge in [-0.05, 0) is 25.6 Å². The molecule has 0 amide bonds. The third kappa shape index (κ3) is 3.00. The van der Waals surface area contributed by atoms with Gasteiger partial charge in [-0.3, -0.25) is 0 Å². The Kier molecular flexibility index (Phi) is 3.87. The average molecular weight is 269 g/mol. The monoisotopic (exact) mass is 269 g/mol.